The third kappa shape index (κ3) is 2.72. The average Bonchev–Trinajstić information content (AvgIpc) is 3.24. The number of hydrogen-bond acceptors (Lipinski definition) is 6. The summed E-state index contributed by atoms with van der Waals surface area (Å²) in [6.07, 6.45) is 2.48. The van der Waals surface area contributed by atoms with E-state index in [1.165, 1.54) is 23.0 Å². The lowest BCUT2D eigenvalue weighted by Gasteiger charge is -1.99. The Morgan fingerprint density at radius 1 is 1.21 bits per heavy atom. The Labute approximate surface area is 146 Å². The van der Waals surface area contributed by atoms with Crippen LogP contribution in [0, 0.1) is 0 Å². The fourth-order valence-electron chi connectivity index (χ4n) is 2.53. The predicted octanol–water partition coefficient (Wildman–Crippen LogP) is 4.97. The van der Waals surface area contributed by atoms with Gasteiger partial charge in [-0.3, -0.25) is 4.79 Å². The molecule has 24 heavy (non-hydrogen) atoms. The highest BCUT2D eigenvalue weighted by atomic mass is 32.2. The molecule has 1 aromatic carbocycles. The Hall–Kier alpha value is -2.18. The fraction of sp³-hybridized carbons (Fsp3) is 0.167. The molecule has 4 nitrogen and oxygen atoms in total. The number of thiophene rings is 1. The zero-order valence-corrected chi connectivity index (χ0v) is 14.6. The van der Waals surface area contributed by atoms with E-state index < -0.39 is 0 Å². The lowest BCUT2D eigenvalue weighted by atomic mass is 10.2. The smallest absolute Gasteiger partial charge is 0.186 e. The van der Waals surface area contributed by atoms with Crippen molar-refractivity contribution in [2.45, 2.75) is 18.4 Å². The molecule has 0 amide bonds. The van der Waals surface area contributed by atoms with Crippen molar-refractivity contribution in [3.8, 4) is 0 Å². The van der Waals surface area contributed by atoms with E-state index in [-0.39, 0.29) is 5.78 Å². The van der Waals surface area contributed by atoms with E-state index in [9.17, 15) is 4.79 Å². The van der Waals surface area contributed by atoms with Crippen LogP contribution in [0.3, 0.4) is 0 Å². The number of rotatable bonds is 5. The molecule has 0 atom stereocenters. The second kappa shape index (κ2) is 6.37. The van der Waals surface area contributed by atoms with E-state index in [0.717, 1.165) is 27.8 Å². The van der Waals surface area contributed by atoms with Crippen molar-refractivity contribution in [2.75, 3.05) is 5.75 Å². The molecule has 3 heterocycles. The van der Waals surface area contributed by atoms with Crippen molar-refractivity contribution in [3.63, 3.8) is 0 Å². The molecule has 0 aliphatic carbocycles. The van der Waals surface area contributed by atoms with Gasteiger partial charge in [-0.2, -0.15) is 0 Å². The molecular weight excluding hydrogens is 340 g/mol. The first-order valence-corrected chi connectivity index (χ1v) is 9.43. The molecule has 0 saturated carbocycles. The van der Waals surface area contributed by atoms with E-state index in [1.54, 1.807) is 11.3 Å². The van der Waals surface area contributed by atoms with Crippen molar-refractivity contribution in [3.05, 3.63) is 52.5 Å². The van der Waals surface area contributed by atoms with Crippen molar-refractivity contribution in [1.82, 2.24) is 9.97 Å². The highest BCUT2D eigenvalue weighted by Crippen LogP contribution is 2.32. The number of aryl methyl sites for hydroxylation is 1. The maximum Gasteiger partial charge on any atom is 0.186 e. The Kier molecular flexibility index (Phi) is 4.08. The third-order valence-corrected chi connectivity index (χ3v) is 5.99. The van der Waals surface area contributed by atoms with Gasteiger partial charge in [-0.25, -0.2) is 9.97 Å². The van der Waals surface area contributed by atoms with Crippen LogP contribution in [0.25, 0.3) is 22.1 Å². The third-order valence-electron chi connectivity index (χ3n) is 3.75. The molecule has 0 unspecified atom stereocenters. The highest BCUT2D eigenvalue weighted by molar-refractivity contribution is 8.00. The lowest BCUT2D eigenvalue weighted by molar-refractivity contribution is 0.102. The maximum absolute atomic E-state index is 12.4. The van der Waals surface area contributed by atoms with Crippen molar-refractivity contribution >= 4 is 51.0 Å². The number of Topliss-reactive ketones (excluding diaryl/α,β-unsaturated/α-hetero) is 1. The van der Waals surface area contributed by atoms with E-state index >= 15 is 0 Å². The Bertz CT molecular complexity index is 1040. The average molecular weight is 354 g/mol. The van der Waals surface area contributed by atoms with Crippen LogP contribution in [0.5, 0.6) is 0 Å². The molecule has 0 N–H and O–H groups in total. The summed E-state index contributed by atoms with van der Waals surface area (Å²) in [6, 6.07) is 11.7. The summed E-state index contributed by atoms with van der Waals surface area (Å²) in [5.41, 5.74) is 2.23. The number of nitrogens with zero attached hydrogens (tertiary/aromatic N) is 2. The number of carbonyl (C=O) groups is 1. The molecule has 0 fully saturated rings. The molecule has 6 heteroatoms. The molecule has 0 saturated heterocycles. The zero-order valence-electron chi connectivity index (χ0n) is 13.0. The Morgan fingerprint density at radius 3 is 2.92 bits per heavy atom. The maximum atomic E-state index is 12.4. The molecule has 4 rings (SSSR count). The highest BCUT2D eigenvalue weighted by Gasteiger charge is 2.15. The first-order valence-electron chi connectivity index (χ1n) is 7.63. The van der Waals surface area contributed by atoms with E-state index in [0.29, 0.717) is 16.4 Å². The summed E-state index contributed by atoms with van der Waals surface area (Å²) < 4.78 is 5.89. The van der Waals surface area contributed by atoms with Gasteiger partial charge in [0.1, 0.15) is 22.5 Å². The van der Waals surface area contributed by atoms with Gasteiger partial charge in [0.05, 0.1) is 10.6 Å². The monoisotopic (exact) mass is 354 g/mol. The number of fused-ring (bicyclic) bond motifs is 3. The first kappa shape index (κ1) is 15.4. The molecule has 0 radical (unpaired) electrons. The van der Waals surface area contributed by atoms with Crippen LogP contribution < -0.4 is 0 Å². The van der Waals surface area contributed by atoms with Gasteiger partial charge >= 0.3 is 0 Å². The second-order valence-electron chi connectivity index (χ2n) is 5.29. The van der Waals surface area contributed by atoms with Gasteiger partial charge in [-0.05, 0) is 30.7 Å². The first-order chi connectivity index (χ1) is 11.8. The minimum absolute atomic E-state index is 0.118. The number of aromatic nitrogens is 2. The number of carbonyl (C=O) groups excluding carboxylic acids is 1. The molecule has 120 valence electrons. The van der Waals surface area contributed by atoms with Crippen LogP contribution in [0.2, 0.25) is 0 Å². The predicted molar refractivity (Wildman–Crippen MR) is 98.1 cm³/mol. The van der Waals surface area contributed by atoms with Crippen LogP contribution in [-0.2, 0) is 6.42 Å². The van der Waals surface area contributed by atoms with Gasteiger partial charge in [0, 0.05) is 10.3 Å². The van der Waals surface area contributed by atoms with Gasteiger partial charge in [-0.15, -0.1) is 11.3 Å². The summed E-state index contributed by atoms with van der Waals surface area (Å²) in [4.78, 5) is 23.0. The van der Waals surface area contributed by atoms with Gasteiger partial charge < -0.3 is 4.42 Å². The number of furan rings is 1. The molecule has 3 aromatic heterocycles. The molecular formula is C18H14N2O2S2. The van der Waals surface area contributed by atoms with Crippen molar-refractivity contribution in [2.24, 2.45) is 0 Å². The lowest BCUT2D eigenvalue weighted by Crippen LogP contribution is -2.00. The van der Waals surface area contributed by atoms with E-state index in [2.05, 4.69) is 16.9 Å². The molecule has 0 aliphatic heterocycles. The number of thioether (sulfide) groups is 1. The minimum atomic E-state index is 0.118. The summed E-state index contributed by atoms with van der Waals surface area (Å²) in [5.74, 6) is 0.458. The fourth-order valence-corrected chi connectivity index (χ4v) is 4.32. The summed E-state index contributed by atoms with van der Waals surface area (Å²) in [5, 5.41) is 1.67. The van der Waals surface area contributed by atoms with Crippen LogP contribution >= 0.6 is 23.1 Å². The summed E-state index contributed by atoms with van der Waals surface area (Å²) in [7, 11) is 0. The molecule has 0 bridgehead atoms. The van der Waals surface area contributed by atoms with Crippen molar-refractivity contribution < 1.29 is 9.21 Å². The number of hydrogen-bond donors (Lipinski definition) is 0. The SMILES string of the molecule is CCc1ccc(C(=O)CSc2ncnc3c2oc2ccccc23)s1. The molecule has 0 aliphatic rings. The number of benzene rings is 1. The normalized spacial score (nSPS) is 11.4. The summed E-state index contributed by atoms with van der Waals surface area (Å²) in [6.45, 7) is 2.09. The van der Waals surface area contributed by atoms with Crippen LogP contribution in [0.15, 0.2) is 52.2 Å². The van der Waals surface area contributed by atoms with Crippen LogP contribution in [0.4, 0.5) is 0 Å². The number of ketones is 1. The second-order valence-corrected chi connectivity index (χ2v) is 7.42. The van der Waals surface area contributed by atoms with Crippen LogP contribution in [0.1, 0.15) is 21.5 Å². The summed E-state index contributed by atoms with van der Waals surface area (Å²) >= 11 is 2.96. The van der Waals surface area contributed by atoms with Gasteiger partial charge in [0.15, 0.2) is 11.4 Å². The topological polar surface area (TPSA) is 56.0 Å². The van der Waals surface area contributed by atoms with Gasteiger partial charge in [-0.1, -0.05) is 30.8 Å². The quantitative estimate of drug-likeness (QED) is 0.287. The molecule has 0 spiro atoms. The zero-order chi connectivity index (χ0) is 16.5. The van der Waals surface area contributed by atoms with E-state index in [4.69, 9.17) is 4.42 Å². The Morgan fingerprint density at radius 2 is 2.08 bits per heavy atom. The Balaban J connectivity index is 1.61. The molecule has 4 aromatic rings. The van der Waals surface area contributed by atoms with Gasteiger partial charge in [0.25, 0.3) is 0 Å². The minimum Gasteiger partial charge on any atom is -0.451 e. The van der Waals surface area contributed by atoms with Gasteiger partial charge in [0.2, 0.25) is 0 Å². The van der Waals surface area contributed by atoms with E-state index in [1.807, 2.05) is 36.4 Å². The van der Waals surface area contributed by atoms with Crippen molar-refractivity contribution in [1.29, 1.82) is 0 Å². The largest absolute Gasteiger partial charge is 0.451 e. The van der Waals surface area contributed by atoms with Crippen LogP contribution in [-0.4, -0.2) is 21.5 Å². The number of para-hydroxylation sites is 1. The standard InChI is InChI=1S/C18H14N2O2S2/c1-2-11-7-8-15(24-11)13(21)9-23-18-17-16(19-10-20-18)12-5-3-4-6-14(12)22-17/h3-8,10H,2,9H2,1H3.